The molecule has 2 aromatic heterocycles. The molecule has 164 valence electrons. The summed E-state index contributed by atoms with van der Waals surface area (Å²) in [5.41, 5.74) is 3.59. The molecule has 4 aromatic rings. The summed E-state index contributed by atoms with van der Waals surface area (Å²) in [4.78, 5) is 9.18. The van der Waals surface area contributed by atoms with Crippen molar-refractivity contribution in [1.29, 1.82) is 0 Å². The highest BCUT2D eigenvalue weighted by Gasteiger charge is 2.17. The van der Waals surface area contributed by atoms with E-state index >= 15 is 0 Å². The van der Waals surface area contributed by atoms with Crippen molar-refractivity contribution in [3.8, 4) is 22.6 Å². The molecule has 1 atom stereocenters. The van der Waals surface area contributed by atoms with Crippen LogP contribution in [0.2, 0.25) is 0 Å². The standard InChI is InChI=1S/C23H23BrN6O2/c1-30-13-16(11-27-30)14-6-18(9-20(7-14)32-19-3-4-25-12-19)28-23-26-10-15-5-17(24)8-21(31-2)22(15)29-23/h5-11,13,19,25H,3-4,12H2,1-2H3,(H,26,28,29)/t19-/m0/s1. The van der Waals surface area contributed by atoms with Crippen LogP contribution in [-0.4, -0.2) is 46.1 Å². The number of ether oxygens (including phenoxy) is 2. The average molecular weight is 495 g/mol. The number of aromatic nitrogens is 4. The third-order valence-electron chi connectivity index (χ3n) is 5.35. The first-order valence-corrected chi connectivity index (χ1v) is 11.2. The molecule has 8 nitrogen and oxygen atoms in total. The zero-order chi connectivity index (χ0) is 22.1. The Balaban J connectivity index is 1.51. The van der Waals surface area contributed by atoms with E-state index in [1.54, 1.807) is 18.0 Å². The molecule has 32 heavy (non-hydrogen) atoms. The van der Waals surface area contributed by atoms with E-state index in [1.807, 2.05) is 49.8 Å². The Hall–Kier alpha value is -3.17. The zero-order valence-corrected chi connectivity index (χ0v) is 19.4. The maximum Gasteiger partial charge on any atom is 0.227 e. The lowest BCUT2D eigenvalue weighted by Crippen LogP contribution is -2.19. The predicted molar refractivity (Wildman–Crippen MR) is 128 cm³/mol. The number of methoxy groups -OCH3 is 1. The summed E-state index contributed by atoms with van der Waals surface area (Å²) in [6.45, 7) is 1.82. The fraction of sp³-hybridized carbons (Fsp3) is 0.261. The Kier molecular flexibility index (Phi) is 5.67. The molecule has 2 aromatic carbocycles. The summed E-state index contributed by atoms with van der Waals surface area (Å²) in [5, 5.41) is 11.9. The number of anilines is 2. The van der Waals surface area contributed by atoms with E-state index in [0.29, 0.717) is 11.7 Å². The van der Waals surface area contributed by atoms with Gasteiger partial charge in [-0.2, -0.15) is 5.10 Å². The van der Waals surface area contributed by atoms with E-state index in [2.05, 4.69) is 41.6 Å². The van der Waals surface area contributed by atoms with Crippen LogP contribution in [0.15, 0.2) is 53.4 Å². The van der Waals surface area contributed by atoms with Crippen LogP contribution in [0, 0.1) is 0 Å². The van der Waals surface area contributed by atoms with Gasteiger partial charge in [-0.25, -0.2) is 9.97 Å². The van der Waals surface area contributed by atoms with Crippen molar-refractivity contribution in [2.75, 3.05) is 25.5 Å². The SMILES string of the molecule is COc1cc(Br)cc2cnc(Nc3cc(O[C@H]4CCNC4)cc(-c4cnn(C)c4)c3)nc12. The van der Waals surface area contributed by atoms with Crippen LogP contribution in [0.5, 0.6) is 11.5 Å². The minimum atomic E-state index is 0.159. The molecule has 0 amide bonds. The highest BCUT2D eigenvalue weighted by atomic mass is 79.9. The molecule has 0 radical (unpaired) electrons. The average Bonchev–Trinajstić information content (AvgIpc) is 3.45. The van der Waals surface area contributed by atoms with E-state index in [0.717, 1.165) is 57.4 Å². The molecule has 2 N–H and O–H groups in total. The van der Waals surface area contributed by atoms with Gasteiger partial charge in [-0.3, -0.25) is 4.68 Å². The molecule has 1 fully saturated rings. The van der Waals surface area contributed by atoms with Gasteiger partial charge in [-0.05, 0) is 42.8 Å². The van der Waals surface area contributed by atoms with Crippen molar-refractivity contribution in [2.45, 2.75) is 12.5 Å². The smallest absolute Gasteiger partial charge is 0.227 e. The molecule has 3 heterocycles. The van der Waals surface area contributed by atoms with Gasteiger partial charge in [0.25, 0.3) is 0 Å². The van der Waals surface area contributed by atoms with Crippen molar-refractivity contribution < 1.29 is 9.47 Å². The second-order valence-electron chi connectivity index (χ2n) is 7.75. The summed E-state index contributed by atoms with van der Waals surface area (Å²) in [6, 6.07) is 9.92. The molecular weight excluding hydrogens is 472 g/mol. The predicted octanol–water partition coefficient (Wildman–Crippen LogP) is 4.29. The maximum absolute atomic E-state index is 6.25. The first-order valence-electron chi connectivity index (χ1n) is 10.4. The minimum absolute atomic E-state index is 0.159. The number of hydrogen-bond acceptors (Lipinski definition) is 7. The number of aryl methyl sites for hydroxylation is 1. The van der Waals surface area contributed by atoms with Crippen LogP contribution in [0.1, 0.15) is 6.42 Å². The Morgan fingerprint density at radius 3 is 2.81 bits per heavy atom. The van der Waals surface area contributed by atoms with Gasteiger partial charge in [0.05, 0.1) is 13.3 Å². The number of fused-ring (bicyclic) bond motifs is 1. The van der Waals surface area contributed by atoms with Gasteiger partial charge in [-0.15, -0.1) is 0 Å². The van der Waals surface area contributed by atoms with Crippen molar-refractivity contribution >= 4 is 38.5 Å². The fourth-order valence-corrected chi connectivity index (χ4v) is 4.27. The molecule has 1 aliphatic rings. The van der Waals surface area contributed by atoms with Gasteiger partial charge >= 0.3 is 0 Å². The molecule has 9 heteroatoms. The molecular formula is C23H23BrN6O2. The summed E-state index contributed by atoms with van der Waals surface area (Å²) in [6.07, 6.45) is 6.75. The first-order chi connectivity index (χ1) is 15.6. The maximum atomic E-state index is 6.25. The number of benzene rings is 2. The Labute approximate surface area is 194 Å². The largest absolute Gasteiger partial charge is 0.494 e. The molecule has 0 unspecified atom stereocenters. The summed E-state index contributed by atoms with van der Waals surface area (Å²) >= 11 is 3.50. The van der Waals surface area contributed by atoms with Crippen LogP contribution >= 0.6 is 15.9 Å². The third kappa shape index (κ3) is 4.39. The fourth-order valence-electron chi connectivity index (χ4n) is 3.82. The Morgan fingerprint density at radius 2 is 2.06 bits per heavy atom. The van der Waals surface area contributed by atoms with Crippen LogP contribution in [0.25, 0.3) is 22.0 Å². The molecule has 0 saturated carbocycles. The third-order valence-corrected chi connectivity index (χ3v) is 5.81. The van der Waals surface area contributed by atoms with Gasteiger partial charge < -0.3 is 20.1 Å². The van der Waals surface area contributed by atoms with Crippen molar-refractivity contribution in [1.82, 2.24) is 25.1 Å². The molecule has 0 spiro atoms. The number of nitrogens with zero attached hydrogens (tertiary/aromatic N) is 4. The van der Waals surface area contributed by atoms with E-state index in [9.17, 15) is 0 Å². The quantitative estimate of drug-likeness (QED) is 0.413. The lowest BCUT2D eigenvalue weighted by Gasteiger charge is -2.16. The van der Waals surface area contributed by atoms with Gasteiger partial charge in [0, 0.05) is 53.2 Å². The number of nitrogens with one attached hydrogen (secondary N) is 2. The highest BCUT2D eigenvalue weighted by Crippen LogP contribution is 2.32. The summed E-state index contributed by atoms with van der Waals surface area (Å²) < 4.78 is 14.5. The second-order valence-corrected chi connectivity index (χ2v) is 8.66. The van der Waals surface area contributed by atoms with Crippen molar-refractivity contribution in [3.63, 3.8) is 0 Å². The van der Waals surface area contributed by atoms with Crippen molar-refractivity contribution in [2.24, 2.45) is 7.05 Å². The monoisotopic (exact) mass is 494 g/mol. The number of halogens is 1. The van der Waals surface area contributed by atoms with Gasteiger partial charge in [0.15, 0.2) is 0 Å². The van der Waals surface area contributed by atoms with E-state index in [1.165, 1.54) is 0 Å². The minimum Gasteiger partial charge on any atom is -0.494 e. The van der Waals surface area contributed by atoms with Gasteiger partial charge in [-0.1, -0.05) is 15.9 Å². The lowest BCUT2D eigenvalue weighted by atomic mass is 10.1. The molecule has 5 rings (SSSR count). The molecule has 0 aliphatic carbocycles. The van der Waals surface area contributed by atoms with Crippen LogP contribution < -0.4 is 20.1 Å². The van der Waals surface area contributed by atoms with Crippen LogP contribution in [-0.2, 0) is 7.05 Å². The zero-order valence-electron chi connectivity index (χ0n) is 17.8. The molecule has 1 aliphatic heterocycles. The Morgan fingerprint density at radius 1 is 1.16 bits per heavy atom. The van der Waals surface area contributed by atoms with Crippen molar-refractivity contribution in [3.05, 3.63) is 53.4 Å². The van der Waals surface area contributed by atoms with E-state index in [-0.39, 0.29) is 6.10 Å². The van der Waals surface area contributed by atoms with Crippen LogP contribution in [0.4, 0.5) is 11.6 Å². The van der Waals surface area contributed by atoms with E-state index in [4.69, 9.17) is 9.47 Å². The number of rotatable bonds is 6. The Bertz CT molecular complexity index is 1270. The molecule has 1 saturated heterocycles. The van der Waals surface area contributed by atoms with Crippen LogP contribution in [0.3, 0.4) is 0 Å². The second kappa shape index (κ2) is 8.76. The first kappa shape index (κ1) is 20.7. The van der Waals surface area contributed by atoms with Gasteiger partial charge in [0.1, 0.15) is 23.1 Å². The highest BCUT2D eigenvalue weighted by molar-refractivity contribution is 9.10. The molecule has 0 bridgehead atoms. The summed E-state index contributed by atoms with van der Waals surface area (Å²) in [7, 11) is 3.54. The lowest BCUT2D eigenvalue weighted by molar-refractivity contribution is 0.223. The summed E-state index contributed by atoms with van der Waals surface area (Å²) in [5.74, 6) is 1.96. The topological polar surface area (TPSA) is 86.1 Å². The van der Waals surface area contributed by atoms with Gasteiger partial charge in [0.2, 0.25) is 5.95 Å². The number of hydrogen-bond donors (Lipinski definition) is 2. The van der Waals surface area contributed by atoms with E-state index < -0.39 is 0 Å². The normalized spacial score (nSPS) is 15.8.